The van der Waals surface area contributed by atoms with Crippen molar-refractivity contribution in [1.29, 1.82) is 0 Å². The van der Waals surface area contributed by atoms with Gasteiger partial charge in [0.2, 0.25) is 5.91 Å². The van der Waals surface area contributed by atoms with E-state index >= 15 is 0 Å². The summed E-state index contributed by atoms with van der Waals surface area (Å²) >= 11 is 0. The van der Waals surface area contributed by atoms with Crippen molar-refractivity contribution in [3.8, 4) is 0 Å². The molecule has 1 aromatic carbocycles. The number of carbonyl (C=O) groups excluding carboxylic acids is 1. The maximum atomic E-state index is 11.3. The maximum absolute atomic E-state index is 11.3. The van der Waals surface area contributed by atoms with Gasteiger partial charge in [0.25, 0.3) is 0 Å². The third kappa shape index (κ3) is 5.10. The quantitative estimate of drug-likeness (QED) is 0.660. The molecule has 0 fully saturated rings. The van der Waals surface area contributed by atoms with Crippen LogP contribution >= 0.6 is 0 Å². The number of anilines is 1. The van der Waals surface area contributed by atoms with Crippen LogP contribution in [0.3, 0.4) is 0 Å². The minimum atomic E-state index is -1.12. The second-order valence-electron chi connectivity index (χ2n) is 3.29. The van der Waals surface area contributed by atoms with Crippen molar-refractivity contribution in [2.45, 2.75) is 6.61 Å². The van der Waals surface area contributed by atoms with Gasteiger partial charge in [-0.2, -0.15) is 0 Å². The van der Waals surface area contributed by atoms with E-state index in [0.29, 0.717) is 11.3 Å². The van der Waals surface area contributed by atoms with Gasteiger partial charge in [-0.3, -0.25) is 4.79 Å². The van der Waals surface area contributed by atoms with Gasteiger partial charge in [0.1, 0.15) is 13.2 Å². The van der Waals surface area contributed by atoms with Crippen LogP contribution in [-0.4, -0.2) is 35.3 Å². The minimum Gasteiger partial charge on any atom is -0.480 e. The molecule has 0 atom stereocenters. The third-order valence-corrected chi connectivity index (χ3v) is 1.85. The summed E-state index contributed by atoms with van der Waals surface area (Å²) in [6.45, 7) is -0.945. The molecular formula is C11H13NO5. The largest absolute Gasteiger partial charge is 0.480 e. The zero-order chi connectivity index (χ0) is 12.7. The molecule has 0 unspecified atom stereocenters. The average Bonchev–Trinajstić information content (AvgIpc) is 2.28. The van der Waals surface area contributed by atoms with Crippen molar-refractivity contribution in [3.63, 3.8) is 0 Å². The SMILES string of the molecule is O=C(O)COCC(=O)Nc1cccc(CO)c1. The number of rotatable bonds is 6. The van der Waals surface area contributed by atoms with Crippen LogP contribution in [0.4, 0.5) is 5.69 Å². The Hall–Kier alpha value is -1.92. The Balaban J connectivity index is 2.42. The minimum absolute atomic E-state index is 0.112. The van der Waals surface area contributed by atoms with Gasteiger partial charge in [0.05, 0.1) is 6.61 Å². The molecule has 0 heterocycles. The molecule has 17 heavy (non-hydrogen) atoms. The summed E-state index contributed by atoms with van der Waals surface area (Å²) in [4.78, 5) is 21.4. The highest BCUT2D eigenvalue weighted by Gasteiger charge is 2.04. The van der Waals surface area contributed by atoms with Gasteiger partial charge in [0.15, 0.2) is 0 Å². The fourth-order valence-corrected chi connectivity index (χ4v) is 1.18. The number of aliphatic carboxylic acids is 1. The summed E-state index contributed by atoms with van der Waals surface area (Å²) < 4.78 is 4.62. The number of amides is 1. The number of aliphatic hydroxyl groups is 1. The number of carbonyl (C=O) groups is 2. The molecular weight excluding hydrogens is 226 g/mol. The fourth-order valence-electron chi connectivity index (χ4n) is 1.18. The zero-order valence-electron chi connectivity index (χ0n) is 9.05. The van der Waals surface area contributed by atoms with Crippen LogP contribution in [0.2, 0.25) is 0 Å². The smallest absolute Gasteiger partial charge is 0.329 e. The molecule has 92 valence electrons. The van der Waals surface area contributed by atoms with Crippen LogP contribution in [0.15, 0.2) is 24.3 Å². The Morgan fingerprint density at radius 1 is 1.29 bits per heavy atom. The first-order valence-corrected chi connectivity index (χ1v) is 4.91. The molecule has 0 saturated carbocycles. The van der Waals surface area contributed by atoms with E-state index in [2.05, 4.69) is 10.1 Å². The second kappa shape index (κ2) is 6.62. The van der Waals surface area contributed by atoms with E-state index in [-0.39, 0.29) is 13.2 Å². The molecule has 0 aliphatic carbocycles. The lowest BCUT2D eigenvalue weighted by Crippen LogP contribution is -2.20. The van der Waals surface area contributed by atoms with Crippen molar-refractivity contribution in [3.05, 3.63) is 29.8 Å². The molecule has 0 bridgehead atoms. The summed E-state index contributed by atoms with van der Waals surface area (Å²) in [5.41, 5.74) is 1.20. The molecule has 1 aromatic rings. The normalized spacial score (nSPS) is 9.94. The highest BCUT2D eigenvalue weighted by Crippen LogP contribution is 2.10. The van der Waals surface area contributed by atoms with E-state index < -0.39 is 18.5 Å². The van der Waals surface area contributed by atoms with Crippen molar-refractivity contribution in [2.24, 2.45) is 0 Å². The molecule has 3 N–H and O–H groups in total. The van der Waals surface area contributed by atoms with Gasteiger partial charge in [-0.1, -0.05) is 12.1 Å². The first-order chi connectivity index (χ1) is 8.11. The maximum Gasteiger partial charge on any atom is 0.329 e. The Morgan fingerprint density at radius 2 is 2.06 bits per heavy atom. The molecule has 0 aliphatic rings. The van der Waals surface area contributed by atoms with Gasteiger partial charge in [-0.05, 0) is 17.7 Å². The molecule has 0 radical (unpaired) electrons. The summed E-state index contributed by atoms with van der Waals surface area (Å²) in [6, 6.07) is 6.69. The number of aliphatic hydroxyl groups excluding tert-OH is 1. The van der Waals surface area contributed by atoms with E-state index in [1.807, 2.05) is 0 Å². The monoisotopic (exact) mass is 239 g/mol. The van der Waals surface area contributed by atoms with Crippen LogP contribution < -0.4 is 5.32 Å². The number of hydrogen-bond donors (Lipinski definition) is 3. The lowest BCUT2D eigenvalue weighted by Gasteiger charge is -2.06. The van der Waals surface area contributed by atoms with Crippen molar-refractivity contribution < 1.29 is 24.5 Å². The van der Waals surface area contributed by atoms with Crippen molar-refractivity contribution in [2.75, 3.05) is 18.5 Å². The molecule has 0 aliphatic heterocycles. The number of hydrogen-bond acceptors (Lipinski definition) is 4. The average molecular weight is 239 g/mol. The lowest BCUT2D eigenvalue weighted by atomic mass is 10.2. The Morgan fingerprint density at radius 3 is 2.71 bits per heavy atom. The van der Waals surface area contributed by atoms with Crippen LogP contribution in [0.5, 0.6) is 0 Å². The summed E-state index contributed by atoms with van der Waals surface area (Å²) in [6.07, 6.45) is 0. The van der Waals surface area contributed by atoms with Crippen LogP contribution in [0, 0.1) is 0 Å². The Bertz CT molecular complexity index is 405. The topological polar surface area (TPSA) is 95.9 Å². The van der Waals surface area contributed by atoms with Crippen LogP contribution in [-0.2, 0) is 20.9 Å². The van der Waals surface area contributed by atoms with E-state index in [9.17, 15) is 9.59 Å². The Labute approximate surface area is 97.8 Å². The van der Waals surface area contributed by atoms with Crippen molar-refractivity contribution >= 4 is 17.6 Å². The first kappa shape index (κ1) is 13.1. The molecule has 1 amide bonds. The molecule has 0 saturated heterocycles. The number of benzene rings is 1. The van der Waals surface area contributed by atoms with Gasteiger partial charge in [-0.25, -0.2) is 4.79 Å². The molecule has 0 aromatic heterocycles. The van der Waals surface area contributed by atoms with E-state index in [0.717, 1.165) is 0 Å². The van der Waals surface area contributed by atoms with Crippen LogP contribution in [0.1, 0.15) is 5.56 Å². The van der Waals surface area contributed by atoms with Gasteiger partial charge in [-0.15, -0.1) is 0 Å². The number of ether oxygens (including phenoxy) is 1. The second-order valence-corrected chi connectivity index (χ2v) is 3.29. The van der Waals surface area contributed by atoms with Crippen molar-refractivity contribution in [1.82, 2.24) is 0 Å². The molecule has 0 spiro atoms. The third-order valence-electron chi connectivity index (χ3n) is 1.85. The highest BCUT2D eigenvalue weighted by atomic mass is 16.5. The number of carboxylic acid groups (broad SMARTS) is 1. The first-order valence-electron chi connectivity index (χ1n) is 4.91. The van der Waals surface area contributed by atoms with E-state index in [4.69, 9.17) is 10.2 Å². The van der Waals surface area contributed by atoms with Gasteiger partial charge in [0, 0.05) is 5.69 Å². The van der Waals surface area contributed by atoms with Crippen LogP contribution in [0.25, 0.3) is 0 Å². The van der Waals surface area contributed by atoms with E-state index in [1.54, 1.807) is 24.3 Å². The lowest BCUT2D eigenvalue weighted by molar-refractivity contribution is -0.143. The zero-order valence-corrected chi connectivity index (χ0v) is 9.05. The predicted molar refractivity (Wildman–Crippen MR) is 59.4 cm³/mol. The fraction of sp³-hybridized carbons (Fsp3) is 0.273. The number of nitrogens with one attached hydrogen (secondary N) is 1. The highest BCUT2D eigenvalue weighted by molar-refractivity contribution is 5.91. The standard InChI is InChI=1S/C11H13NO5/c13-5-8-2-1-3-9(4-8)12-10(14)6-17-7-11(15)16/h1-4,13H,5-7H2,(H,12,14)(H,15,16). The van der Waals surface area contributed by atoms with Gasteiger partial charge >= 0.3 is 5.97 Å². The Kier molecular flexibility index (Phi) is 5.12. The predicted octanol–water partition coefficient (Wildman–Crippen LogP) is 0.219. The van der Waals surface area contributed by atoms with Gasteiger partial charge < -0.3 is 20.3 Å². The van der Waals surface area contributed by atoms with E-state index in [1.165, 1.54) is 0 Å². The molecule has 6 nitrogen and oxygen atoms in total. The summed E-state index contributed by atoms with van der Waals surface area (Å²) in [5, 5.41) is 19.7. The number of carboxylic acids is 1. The molecule has 6 heteroatoms. The summed E-state index contributed by atoms with van der Waals surface area (Å²) in [7, 11) is 0. The summed E-state index contributed by atoms with van der Waals surface area (Å²) in [5.74, 6) is -1.57. The molecule has 1 rings (SSSR count).